The lowest BCUT2D eigenvalue weighted by molar-refractivity contribution is -0.161. The van der Waals surface area contributed by atoms with Crippen molar-refractivity contribution in [3.63, 3.8) is 0 Å². The number of fused-ring (bicyclic) bond motifs is 5. The third kappa shape index (κ3) is 6.69. The number of amides is 1. The lowest BCUT2D eigenvalue weighted by atomic mass is 9.52. The first-order valence-corrected chi connectivity index (χ1v) is 25.7. The molecule has 0 bridgehead atoms. The zero-order valence-electron chi connectivity index (χ0n) is 33.8. The Morgan fingerprint density at radius 1 is 0.923 bits per heavy atom. The highest BCUT2D eigenvalue weighted by molar-refractivity contribution is 6.75. The Balaban J connectivity index is 1.35. The molecule has 9 heteroatoms. The van der Waals surface area contributed by atoms with Crippen molar-refractivity contribution in [1.29, 1.82) is 0 Å². The van der Waals surface area contributed by atoms with Crippen LogP contribution in [0.25, 0.3) is 0 Å². The molecule has 6 rings (SSSR count). The van der Waals surface area contributed by atoms with Gasteiger partial charge in [-0.2, -0.15) is 0 Å². The summed E-state index contributed by atoms with van der Waals surface area (Å²) >= 11 is 0. The molecular formula is C43H65NO6Si2. The molecule has 1 aliphatic heterocycles. The van der Waals surface area contributed by atoms with Gasteiger partial charge in [-0.05, 0) is 133 Å². The number of ether oxygens (including phenoxy) is 1. The van der Waals surface area contributed by atoms with Crippen molar-refractivity contribution in [3.8, 4) is 5.75 Å². The zero-order valence-corrected chi connectivity index (χ0v) is 35.8. The smallest absolute Gasteiger partial charge is 0.411 e. The Hall–Kier alpha value is -2.63. The second-order valence-electron chi connectivity index (χ2n) is 19.8. The molecule has 52 heavy (non-hydrogen) atoms. The second-order valence-corrected chi connectivity index (χ2v) is 29.3. The SMILES string of the molecule is CC(C)(C)[Si](C)(C)Oc1ccc2c(c1)CCC1C2CC[C@@]2(C)C1C[C@@H](O[Si](C)(C)C(C)(C)C)[C@H]2[C@]1(C(=O)O)CCCN1C(=O)OCc1ccccc1. The molecule has 0 aromatic heterocycles. The molecule has 3 aliphatic carbocycles. The number of carbonyl (C=O) groups excluding carboxylic acids is 1. The van der Waals surface area contributed by atoms with E-state index >= 15 is 0 Å². The maximum Gasteiger partial charge on any atom is 0.411 e. The minimum absolute atomic E-state index is 0.0386. The summed E-state index contributed by atoms with van der Waals surface area (Å²) in [5, 5.41) is 11.5. The fraction of sp³-hybridized carbons (Fsp3) is 0.674. The molecule has 3 unspecified atom stereocenters. The Bertz CT molecular complexity index is 1650. The highest BCUT2D eigenvalue weighted by Crippen LogP contribution is 2.67. The number of benzene rings is 2. The predicted octanol–water partition coefficient (Wildman–Crippen LogP) is 10.8. The van der Waals surface area contributed by atoms with Crippen LogP contribution in [0.1, 0.15) is 110 Å². The third-order valence-corrected chi connectivity index (χ3v) is 23.7. The van der Waals surface area contributed by atoms with Crippen molar-refractivity contribution in [1.82, 2.24) is 4.90 Å². The molecule has 7 nitrogen and oxygen atoms in total. The van der Waals surface area contributed by atoms with Crippen LogP contribution in [0.4, 0.5) is 4.79 Å². The van der Waals surface area contributed by atoms with E-state index in [1.807, 2.05) is 30.3 Å². The van der Waals surface area contributed by atoms with Crippen molar-refractivity contribution >= 4 is 28.7 Å². The maximum absolute atomic E-state index is 14.0. The number of hydrogen-bond acceptors (Lipinski definition) is 5. The molecule has 1 heterocycles. The van der Waals surface area contributed by atoms with E-state index in [1.165, 1.54) is 11.1 Å². The number of carbonyl (C=O) groups is 2. The fourth-order valence-corrected chi connectivity index (χ4v) is 12.5. The van der Waals surface area contributed by atoms with Gasteiger partial charge < -0.3 is 18.7 Å². The van der Waals surface area contributed by atoms with Gasteiger partial charge in [0.25, 0.3) is 0 Å². The van der Waals surface area contributed by atoms with E-state index in [2.05, 4.69) is 92.9 Å². The van der Waals surface area contributed by atoms with Crippen LogP contribution in [0.5, 0.6) is 5.75 Å². The van der Waals surface area contributed by atoms with E-state index in [9.17, 15) is 14.7 Å². The Morgan fingerprint density at radius 3 is 2.23 bits per heavy atom. The minimum atomic E-state index is -2.32. The maximum atomic E-state index is 14.0. The van der Waals surface area contributed by atoms with Gasteiger partial charge in [-0.25, -0.2) is 9.59 Å². The van der Waals surface area contributed by atoms with E-state index in [0.717, 1.165) is 43.4 Å². The fourth-order valence-electron chi connectivity index (χ4n) is 10.2. The summed E-state index contributed by atoms with van der Waals surface area (Å²) < 4.78 is 20.1. The Kier molecular flexibility index (Phi) is 10.2. The second kappa shape index (κ2) is 13.6. The first-order valence-electron chi connectivity index (χ1n) is 19.8. The first kappa shape index (κ1) is 39.1. The van der Waals surface area contributed by atoms with Crippen LogP contribution < -0.4 is 4.43 Å². The largest absolute Gasteiger partial charge is 0.543 e. The topological polar surface area (TPSA) is 85.3 Å². The van der Waals surface area contributed by atoms with Crippen molar-refractivity contribution in [3.05, 3.63) is 65.2 Å². The van der Waals surface area contributed by atoms with Gasteiger partial charge in [0.15, 0.2) is 8.32 Å². The number of likely N-dealkylation sites (tertiary alicyclic amines) is 1. The molecular weight excluding hydrogens is 683 g/mol. The predicted molar refractivity (Wildman–Crippen MR) is 213 cm³/mol. The van der Waals surface area contributed by atoms with E-state index in [1.54, 1.807) is 4.90 Å². The average molecular weight is 748 g/mol. The van der Waals surface area contributed by atoms with E-state index in [4.69, 9.17) is 13.6 Å². The van der Waals surface area contributed by atoms with Crippen molar-refractivity contribution in [2.24, 2.45) is 23.2 Å². The van der Waals surface area contributed by atoms with Gasteiger partial charge in [0.1, 0.15) is 17.9 Å². The molecule has 7 atom stereocenters. The van der Waals surface area contributed by atoms with Crippen LogP contribution in [-0.2, 0) is 27.0 Å². The number of carboxylic acids is 1. The van der Waals surface area contributed by atoms with Gasteiger partial charge in [0, 0.05) is 12.5 Å². The van der Waals surface area contributed by atoms with Crippen molar-refractivity contribution < 1.29 is 28.3 Å². The van der Waals surface area contributed by atoms with Gasteiger partial charge in [0.05, 0.1) is 6.10 Å². The monoisotopic (exact) mass is 747 g/mol. The summed E-state index contributed by atoms with van der Waals surface area (Å²) in [6.07, 6.45) is 5.08. The number of aryl methyl sites for hydroxylation is 1. The Labute approximate surface area is 315 Å². The lowest BCUT2D eigenvalue weighted by Gasteiger charge is -2.55. The number of rotatable bonds is 8. The molecule has 2 aromatic rings. The number of aliphatic carboxylic acids is 1. The summed E-state index contributed by atoms with van der Waals surface area (Å²) in [7, 11) is -4.28. The highest BCUT2D eigenvalue weighted by atomic mass is 28.4. The molecule has 1 saturated heterocycles. The van der Waals surface area contributed by atoms with Crippen molar-refractivity contribution in [2.75, 3.05) is 6.54 Å². The Morgan fingerprint density at radius 2 is 1.60 bits per heavy atom. The molecule has 0 radical (unpaired) electrons. The lowest BCUT2D eigenvalue weighted by Crippen LogP contribution is -2.64. The summed E-state index contributed by atoms with van der Waals surface area (Å²) in [5.41, 5.74) is 2.05. The van der Waals surface area contributed by atoms with Gasteiger partial charge in [-0.15, -0.1) is 0 Å². The summed E-state index contributed by atoms with van der Waals surface area (Å²) in [5.74, 6) is 0.888. The third-order valence-electron chi connectivity index (χ3n) is 14.9. The normalized spacial score (nSPS) is 30.7. The van der Waals surface area contributed by atoms with Crippen LogP contribution in [0, 0.1) is 23.2 Å². The van der Waals surface area contributed by atoms with Gasteiger partial charge in [0.2, 0.25) is 8.32 Å². The standard InChI is InChI=1S/C43H65NO6Si2/c1-40(2,3)51(8,9)49-31-19-21-32-30(26-31)18-20-34-33(32)22-24-42(7)35(34)27-36(50-52(10,11)41(4,5)6)37(42)43(38(45)46)23-15-25-44(43)39(47)48-28-29-16-13-12-14-17-29/h12-14,16-17,19,21,26,33-37H,15,18,20,22-25,27-28H2,1-11H3,(H,45,46)/t33?,34?,35?,36-,37-,42+,43+/m1/s1. The highest BCUT2D eigenvalue weighted by Gasteiger charge is 2.70. The first-order chi connectivity index (χ1) is 24.1. The molecule has 2 saturated carbocycles. The summed E-state index contributed by atoms with van der Waals surface area (Å²) in [6.45, 7) is 25.6. The van der Waals surface area contributed by atoms with Gasteiger partial charge >= 0.3 is 12.1 Å². The summed E-state index contributed by atoms with van der Waals surface area (Å²) in [6, 6.07) is 16.5. The molecule has 286 valence electrons. The molecule has 1 N–H and O–H groups in total. The number of carboxylic acid groups (broad SMARTS) is 1. The van der Waals surface area contributed by atoms with Crippen molar-refractivity contribution in [2.45, 2.75) is 154 Å². The van der Waals surface area contributed by atoms with E-state index in [-0.39, 0.29) is 34.1 Å². The van der Waals surface area contributed by atoms with E-state index < -0.39 is 34.2 Å². The van der Waals surface area contributed by atoms with Gasteiger partial charge in [-0.1, -0.05) is 84.9 Å². The summed E-state index contributed by atoms with van der Waals surface area (Å²) in [4.78, 5) is 29.6. The zero-order chi connectivity index (χ0) is 38.1. The quantitative estimate of drug-likeness (QED) is 0.271. The average Bonchev–Trinajstić information content (AvgIpc) is 3.61. The van der Waals surface area contributed by atoms with E-state index in [0.29, 0.717) is 37.1 Å². The molecule has 4 aliphatic rings. The molecule has 3 fully saturated rings. The number of hydrogen-bond donors (Lipinski definition) is 1. The molecule has 2 aromatic carbocycles. The van der Waals surface area contributed by atoms with Crippen LogP contribution in [-0.4, -0.2) is 56.9 Å². The molecule has 1 amide bonds. The van der Waals surface area contributed by atoms with Gasteiger partial charge in [-0.3, -0.25) is 4.90 Å². The minimum Gasteiger partial charge on any atom is -0.543 e. The van der Waals surface area contributed by atoms with Crippen LogP contribution in [0.2, 0.25) is 36.3 Å². The molecule has 0 spiro atoms. The van der Waals surface area contributed by atoms with Crippen LogP contribution in [0.15, 0.2) is 48.5 Å². The number of nitrogens with zero attached hydrogens (tertiary/aromatic N) is 1. The van der Waals surface area contributed by atoms with Crippen LogP contribution in [0.3, 0.4) is 0 Å². The van der Waals surface area contributed by atoms with Crippen LogP contribution >= 0.6 is 0 Å².